The van der Waals surface area contributed by atoms with Crippen molar-refractivity contribution in [3.63, 3.8) is 0 Å². The first-order chi connectivity index (χ1) is 11.2. The number of rotatable bonds is 4. The highest BCUT2D eigenvalue weighted by atomic mass is 32.2. The van der Waals surface area contributed by atoms with Crippen molar-refractivity contribution in [3.05, 3.63) is 39.9 Å². The van der Waals surface area contributed by atoms with Crippen molar-refractivity contribution in [1.29, 1.82) is 5.26 Å². The zero-order chi connectivity index (χ0) is 18.1. The van der Waals surface area contributed by atoms with E-state index in [0.717, 1.165) is 28.2 Å². The van der Waals surface area contributed by atoms with Crippen LogP contribution in [0.2, 0.25) is 0 Å². The minimum Gasteiger partial charge on any atom is -0.300 e. The highest BCUT2D eigenvalue weighted by Gasteiger charge is 2.24. The molecule has 126 valence electrons. The number of nitriles is 1. The van der Waals surface area contributed by atoms with E-state index in [1.54, 1.807) is 12.3 Å². The molecule has 0 bridgehead atoms. The number of hydrogen-bond acceptors (Lipinski definition) is 6. The Hall–Kier alpha value is -2.22. The summed E-state index contributed by atoms with van der Waals surface area (Å²) in [6.45, 7) is 0. The molecule has 7 nitrogen and oxygen atoms in total. The van der Waals surface area contributed by atoms with Gasteiger partial charge in [-0.25, -0.2) is 22.1 Å². The largest absolute Gasteiger partial charge is 0.300 e. The van der Waals surface area contributed by atoms with E-state index >= 15 is 0 Å². The topological polar surface area (TPSA) is 107 Å². The van der Waals surface area contributed by atoms with Crippen LogP contribution >= 0.6 is 11.8 Å². The fourth-order valence-corrected chi connectivity index (χ4v) is 3.27. The van der Waals surface area contributed by atoms with Gasteiger partial charge >= 0.3 is 0 Å². The maximum absolute atomic E-state index is 14.0. The quantitative estimate of drug-likeness (QED) is 0.646. The van der Waals surface area contributed by atoms with Crippen LogP contribution in [-0.4, -0.2) is 43.0 Å². The number of hydrogen-bond donors (Lipinski definition) is 1. The van der Waals surface area contributed by atoms with Gasteiger partial charge in [-0.15, -0.1) is 0 Å². The fraction of sp³-hybridized carbons (Fsp3) is 0.214. The van der Waals surface area contributed by atoms with Crippen molar-refractivity contribution in [2.75, 3.05) is 20.4 Å². The summed E-state index contributed by atoms with van der Waals surface area (Å²) in [6.07, 6.45) is 1.68. The van der Waals surface area contributed by atoms with Crippen molar-refractivity contribution >= 4 is 21.8 Å². The molecule has 2 aromatic rings. The smallest absolute Gasteiger partial charge is 0.270 e. The van der Waals surface area contributed by atoms with Crippen LogP contribution in [0.25, 0.3) is 11.3 Å². The van der Waals surface area contributed by atoms with Crippen LogP contribution in [0.4, 0.5) is 4.39 Å². The summed E-state index contributed by atoms with van der Waals surface area (Å²) in [5.74, 6) is -0.930. The van der Waals surface area contributed by atoms with E-state index in [9.17, 15) is 22.9 Å². The van der Waals surface area contributed by atoms with Gasteiger partial charge in [-0.3, -0.25) is 4.79 Å². The number of nitrogens with one attached hydrogen (secondary N) is 1. The van der Waals surface area contributed by atoms with E-state index in [1.165, 1.54) is 20.2 Å². The summed E-state index contributed by atoms with van der Waals surface area (Å²) in [6, 6.07) is 5.05. The Morgan fingerprint density at radius 2 is 2.04 bits per heavy atom. The average Bonchev–Trinajstić information content (AvgIpc) is 2.54. The first-order valence-corrected chi connectivity index (χ1v) is 9.19. The lowest BCUT2D eigenvalue weighted by Crippen LogP contribution is -2.23. The molecule has 1 aromatic heterocycles. The normalized spacial score (nSPS) is 11.5. The summed E-state index contributed by atoms with van der Waals surface area (Å²) in [4.78, 5) is 18.0. The fourth-order valence-electron chi connectivity index (χ4n) is 1.91. The molecule has 0 aliphatic carbocycles. The molecule has 0 amide bonds. The number of thioether (sulfide) groups is 1. The Kier molecular flexibility index (Phi) is 5.08. The van der Waals surface area contributed by atoms with E-state index in [2.05, 4.69) is 9.97 Å². The lowest BCUT2D eigenvalue weighted by molar-refractivity contribution is 0.508. The molecule has 24 heavy (non-hydrogen) atoms. The van der Waals surface area contributed by atoms with Gasteiger partial charge in [0.15, 0.2) is 5.16 Å². The number of H-pyrrole nitrogens is 1. The molecule has 0 aliphatic rings. The molecule has 2 rings (SSSR count). The molecule has 0 aliphatic heterocycles. The predicted octanol–water partition coefficient (Wildman–Crippen LogP) is 1.42. The Morgan fingerprint density at radius 3 is 2.58 bits per heavy atom. The lowest BCUT2D eigenvalue weighted by Gasteiger charge is -2.13. The first kappa shape index (κ1) is 18.1. The number of halogens is 1. The second kappa shape index (κ2) is 6.72. The van der Waals surface area contributed by atoms with E-state index in [1.807, 2.05) is 0 Å². The van der Waals surface area contributed by atoms with Crippen molar-refractivity contribution < 1.29 is 12.8 Å². The molecular formula is C14H13FN4O3S2. The minimum atomic E-state index is -4.03. The van der Waals surface area contributed by atoms with Crippen LogP contribution < -0.4 is 5.56 Å². The molecule has 0 saturated heterocycles. The summed E-state index contributed by atoms with van der Waals surface area (Å²) < 4.78 is 39.3. The highest BCUT2D eigenvalue weighted by Crippen LogP contribution is 2.26. The summed E-state index contributed by atoms with van der Waals surface area (Å²) in [7, 11) is -1.47. The molecule has 0 radical (unpaired) electrons. The minimum absolute atomic E-state index is 0.000746. The number of aromatic amines is 1. The first-order valence-electron chi connectivity index (χ1n) is 6.53. The average molecular weight is 368 g/mol. The number of benzene rings is 1. The Labute approximate surface area is 142 Å². The predicted molar refractivity (Wildman–Crippen MR) is 87.6 cm³/mol. The highest BCUT2D eigenvalue weighted by molar-refractivity contribution is 7.98. The van der Waals surface area contributed by atoms with Crippen molar-refractivity contribution in [2.24, 2.45) is 0 Å². The SMILES string of the molecule is CSc1nc(-c2ccc(F)c(S(=O)(=O)N(C)C)c2)c(C#N)c(=O)[nH]1. The molecule has 1 aromatic carbocycles. The molecule has 10 heteroatoms. The number of nitrogens with zero attached hydrogens (tertiary/aromatic N) is 3. The molecule has 1 heterocycles. The van der Waals surface area contributed by atoms with E-state index in [4.69, 9.17) is 0 Å². The Morgan fingerprint density at radius 1 is 1.38 bits per heavy atom. The third-order valence-electron chi connectivity index (χ3n) is 3.17. The molecule has 0 atom stereocenters. The maximum Gasteiger partial charge on any atom is 0.270 e. The van der Waals surface area contributed by atoms with Crippen molar-refractivity contribution in [1.82, 2.24) is 14.3 Å². The number of sulfonamides is 1. The Bertz CT molecular complexity index is 994. The molecular weight excluding hydrogens is 355 g/mol. The second-order valence-electron chi connectivity index (χ2n) is 4.84. The summed E-state index contributed by atoms with van der Waals surface area (Å²) >= 11 is 1.15. The van der Waals surface area contributed by atoms with E-state index < -0.39 is 26.3 Å². The number of aromatic nitrogens is 2. The summed E-state index contributed by atoms with van der Waals surface area (Å²) in [5, 5.41) is 9.44. The van der Waals surface area contributed by atoms with Gasteiger partial charge < -0.3 is 4.98 Å². The van der Waals surface area contributed by atoms with Crippen LogP contribution in [0, 0.1) is 17.1 Å². The van der Waals surface area contributed by atoms with Gasteiger partial charge in [0.1, 0.15) is 22.3 Å². The monoisotopic (exact) mass is 368 g/mol. The molecule has 0 spiro atoms. The van der Waals surface area contributed by atoms with Crippen LogP contribution in [0.1, 0.15) is 5.56 Å². The zero-order valence-corrected chi connectivity index (χ0v) is 14.6. The van der Waals surface area contributed by atoms with E-state index in [0.29, 0.717) is 0 Å². The van der Waals surface area contributed by atoms with Crippen LogP contribution in [-0.2, 0) is 10.0 Å². The maximum atomic E-state index is 14.0. The lowest BCUT2D eigenvalue weighted by atomic mass is 10.1. The third kappa shape index (κ3) is 3.19. The molecule has 0 unspecified atom stereocenters. The van der Waals surface area contributed by atoms with Crippen molar-refractivity contribution in [2.45, 2.75) is 10.1 Å². The summed E-state index contributed by atoms with van der Waals surface area (Å²) in [5.41, 5.74) is -0.753. The van der Waals surface area contributed by atoms with Gasteiger partial charge in [0.05, 0.1) is 5.69 Å². The van der Waals surface area contributed by atoms with Crippen LogP contribution in [0.3, 0.4) is 0 Å². The third-order valence-corrected chi connectivity index (χ3v) is 5.58. The van der Waals surface area contributed by atoms with Gasteiger partial charge in [0.25, 0.3) is 5.56 Å². The van der Waals surface area contributed by atoms with Gasteiger partial charge in [0.2, 0.25) is 10.0 Å². The second-order valence-corrected chi connectivity index (χ2v) is 7.76. The van der Waals surface area contributed by atoms with Crippen LogP contribution in [0.5, 0.6) is 0 Å². The van der Waals surface area contributed by atoms with Gasteiger partial charge in [-0.1, -0.05) is 11.8 Å². The van der Waals surface area contributed by atoms with Gasteiger partial charge in [0, 0.05) is 19.7 Å². The molecule has 0 fully saturated rings. The Balaban J connectivity index is 2.79. The van der Waals surface area contributed by atoms with Crippen molar-refractivity contribution in [3.8, 4) is 17.3 Å². The van der Waals surface area contributed by atoms with Crippen LogP contribution in [0.15, 0.2) is 33.0 Å². The standard InChI is InChI=1S/C14H13FN4O3S2/c1-19(2)24(21,22)11-6-8(4-5-10(11)15)12-9(7-16)13(20)18-14(17-12)23-3/h4-6H,1-3H3,(H,17,18,20). The molecule has 1 N–H and O–H groups in total. The molecule has 0 saturated carbocycles. The van der Waals surface area contributed by atoms with Gasteiger partial charge in [-0.2, -0.15) is 5.26 Å². The van der Waals surface area contributed by atoms with E-state index in [-0.39, 0.29) is 22.0 Å². The van der Waals surface area contributed by atoms with Gasteiger partial charge in [-0.05, 0) is 24.5 Å². The zero-order valence-electron chi connectivity index (χ0n) is 13.0.